The molecule has 0 spiro atoms. The van der Waals surface area contributed by atoms with Crippen LogP contribution in [0.25, 0.3) is 0 Å². The zero-order chi connectivity index (χ0) is 18.2. The maximum Gasteiger partial charge on any atom is 0.277 e. The summed E-state index contributed by atoms with van der Waals surface area (Å²) in [5.41, 5.74) is 0.978. The third-order valence-electron chi connectivity index (χ3n) is 3.52. The molecule has 1 aliphatic heterocycles. The lowest BCUT2D eigenvalue weighted by Crippen LogP contribution is -2.52. The summed E-state index contributed by atoms with van der Waals surface area (Å²) in [6, 6.07) is 3.61. The van der Waals surface area contributed by atoms with Crippen LogP contribution in [-0.2, 0) is 11.3 Å². The van der Waals surface area contributed by atoms with Gasteiger partial charge in [-0.3, -0.25) is 4.90 Å². The van der Waals surface area contributed by atoms with Crippen molar-refractivity contribution >= 4 is 17.6 Å². The Morgan fingerprint density at radius 1 is 1.56 bits per heavy atom. The van der Waals surface area contributed by atoms with E-state index < -0.39 is 5.03 Å². The predicted octanol–water partition coefficient (Wildman–Crippen LogP) is 0.897. The number of guanidine groups is 1. The second kappa shape index (κ2) is 9.17. The van der Waals surface area contributed by atoms with Crippen LogP contribution >= 0.6 is 11.6 Å². The summed E-state index contributed by atoms with van der Waals surface area (Å²) in [5, 5.41) is 13.9. The maximum atomic E-state index is 10.7. The number of aromatic nitrogens is 1. The van der Waals surface area contributed by atoms with Crippen LogP contribution in [-0.4, -0.2) is 70.8 Å². The lowest BCUT2D eigenvalue weighted by molar-refractivity contribution is -0.486. The first-order chi connectivity index (χ1) is 12.0. The highest BCUT2D eigenvalue weighted by molar-refractivity contribution is 6.29. The van der Waals surface area contributed by atoms with Crippen molar-refractivity contribution < 1.29 is 9.77 Å². The predicted molar refractivity (Wildman–Crippen MR) is 93.1 cm³/mol. The van der Waals surface area contributed by atoms with Crippen molar-refractivity contribution in [2.24, 2.45) is 5.10 Å². The first kappa shape index (κ1) is 18.9. The van der Waals surface area contributed by atoms with Crippen molar-refractivity contribution in [2.45, 2.75) is 6.54 Å². The minimum Gasteiger partial charge on any atom is -0.341 e. The van der Waals surface area contributed by atoms with E-state index in [9.17, 15) is 10.1 Å². The monoisotopic (exact) mass is 366 g/mol. The van der Waals surface area contributed by atoms with Crippen LogP contribution in [0.5, 0.6) is 0 Å². The molecule has 1 aliphatic rings. The van der Waals surface area contributed by atoms with Gasteiger partial charge >= 0.3 is 0 Å². The van der Waals surface area contributed by atoms with Crippen LogP contribution in [0.2, 0.25) is 5.15 Å². The Kier molecular flexibility index (Phi) is 6.94. The quantitative estimate of drug-likeness (QED) is 0.306. The molecule has 0 bridgehead atoms. The minimum atomic E-state index is -0.706. The first-order valence-corrected chi connectivity index (χ1v) is 7.90. The number of hydrogen-bond acceptors (Lipinski definition) is 5. The molecule has 134 valence electrons. The fraction of sp³-hybridized carbons (Fsp3) is 0.467. The smallest absolute Gasteiger partial charge is 0.277 e. The SMILES string of the molecule is C#CCN(CCN1COCN(C)C1=N[N+](=O)[O-])Cc1ccc(Cl)nc1. The van der Waals surface area contributed by atoms with Crippen LogP contribution < -0.4 is 0 Å². The third-order valence-corrected chi connectivity index (χ3v) is 3.75. The molecule has 9 nitrogen and oxygen atoms in total. The standard InChI is InChI=1S/C15H19ClN6O3/c1-3-6-20(10-13-4-5-14(16)17-9-13)7-8-21-12-25-11-19(2)15(21)18-22(23)24/h1,4-5,9H,6-8,10-12H2,2H3. The van der Waals surface area contributed by atoms with E-state index >= 15 is 0 Å². The molecular weight excluding hydrogens is 348 g/mol. The van der Waals surface area contributed by atoms with E-state index in [1.165, 1.54) is 0 Å². The molecule has 0 aliphatic carbocycles. The Morgan fingerprint density at radius 2 is 2.36 bits per heavy atom. The molecule has 1 fully saturated rings. The summed E-state index contributed by atoms with van der Waals surface area (Å²) in [7, 11) is 1.69. The Bertz CT molecular complexity index is 660. The third kappa shape index (κ3) is 5.86. The van der Waals surface area contributed by atoms with Crippen LogP contribution in [0.15, 0.2) is 23.4 Å². The highest BCUT2D eigenvalue weighted by atomic mass is 35.5. The van der Waals surface area contributed by atoms with Gasteiger partial charge in [-0.15, -0.1) is 6.42 Å². The largest absolute Gasteiger partial charge is 0.341 e. The van der Waals surface area contributed by atoms with E-state index in [0.29, 0.717) is 31.3 Å². The molecule has 10 heteroatoms. The van der Waals surface area contributed by atoms with Gasteiger partial charge in [0.25, 0.3) is 5.96 Å². The Balaban J connectivity index is 2.00. The number of halogens is 1. The van der Waals surface area contributed by atoms with Gasteiger partial charge < -0.3 is 14.5 Å². The Labute approximate surface area is 151 Å². The van der Waals surface area contributed by atoms with Gasteiger partial charge in [-0.1, -0.05) is 23.6 Å². The lowest BCUT2D eigenvalue weighted by atomic mass is 10.2. The highest BCUT2D eigenvalue weighted by Gasteiger charge is 2.25. The number of ether oxygens (including phenoxy) is 1. The lowest BCUT2D eigenvalue weighted by Gasteiger charge is -2.35. The van der Waals surface area contributed by atoms with Crippen molar-refractivity contribution in [1.29, 1.82) is 0 Å². The molecule has 0 aromatic carbocycles. The molecule has 25 heavy (non-hydrogen) atoms. The van der Waals surface area contributed by atoms with E-state index in [1.807, 2.05) is 11.0 Å². The van der Waals surface area contributed by atoms with Crippen LogP contribution in [0.3, 0.4) is 0 Å². The molecule has 1 aromatic rings. The molecule has 0 saturated carbocycles. The molecular formula is C15H19ClN6O3. The highest BCUT2D eigenvalue weighted by Crippen LogP contribution is 2.10. The van der Waals surface area contributed by atoms with E-state index in [2.05, 4.69) is 16.0 Å². The van der Waals surface area contributed by atoms with Crippen molar-refractivity contribution in [2.75, 3.05) is 40.1 Å². The molecule has 0 N–H and O–H groups in total. The van der Waals surface area contributed by atoms with Crippen LogP contribution in [0, 0.1) is 22.5 Å². The van der Waals surface area contributed by atoms with Gasteiger partial charge in [0.05, 0.1) is 6.54 Å². The van der Waals surface area contributed by atoms with E-state index in [4.69, 9.17) is 22.8 Å². The summed E-state index contributed by atoms with van der Waals surface area (Å²) in [6.45, 7) is 2.60. The summed E-state index contributed by atoms with van der Waals surface area (Å²) in [6.07, 6.45) is 7.14. The average molecular weight is 367 g/mol. The fourth-order valence-electron chi connectivity index (χ4n) is 2.39. The Morgan fingerprint density at radius 3 is 3.00 bits per heavy atom. The van der Waals surface area contributed by atoms with Crippen molar-refractivity contribution in [3.8, 4) is 12.3 Å². The van der Waals surface area contributed by atoms with Crippen molar-refractivity contribution in [3.05, 3.63) is 39.2 Å². The number of nitro groups is 1. The van der Waals surface area contributed by atoms with E-state index in [0.717, 1.165) is 5.56 Å². The zero-order valence-corrected chi connectivity index (χ0v) is 14.6. The summed E-state index contributed by atoms with van der Waals surface area (Å²) in [4.78, 5) is 20.1. The van der Waals surface area contributed by atoms with Gasteiger partial charge in [0, 0.05) is 32.9 Å². The van der Waals surface area contributed by atoms with Crippen LogP contribution in [0.4, 0.5) is 0 Å². The molecule has 0 atom stereocenters. The van der Waals surface area contributed by atoms with Crippen molar-refractivity contribution in [1.82, 2.24) is 19.7 Å². The normalized spacial score (nSPS) is 16.3. The number of pyridine rings is 1. The molecule has 1 saturated heterocycles. The fourth-order valence-corrected chi connectivity index (χ4v) is 2.50. The number of hydrogen-bond donors (Lipinski definition) is 0. The average Bonchev–Trinajstić information content (AvgIpc) is 2.57. The second-order valence-corrected chi connectivity index (χ2v) is 5.85. The number of terminal acetylenes is 1. The topological polar surface area (TPSA) is 87.3 Å². The molecule has 0 amide bonds. The summed E-state index contributed by atoms with van der Waals surface area (Å²) < 4.78 is 5.39. The van der Waals surface area contributed by atoms with Gasteiger partial charge in [0.15, 0.2) is 5.03 Å². The number of nitrogens with zero attached hydrogens (tertiary/aromatic N) is 6. The van der Waals surface area contributed by atoms with Gasteiger partial charge in [-0.25, -0.2) is 15.1 Å². The van der Waals surface area contributed by atoms with E-state index in [-0.39, 0.29) is 19.4 Å². The van der Waals surface area contributed by atoms with Gasteiger partial charge in [0.1, 0.15) is 23.7 Å². The second-order valence-electron chi connectivity index (χ2n) is 5.47. The van der Waals surface area contributed by atoms with Gasteiger partial charge in [-0.05, 0) is 11.6 Å². The first-order valence-electron chi connectivity index (χ1n) is 7.52. The van der Waals surface area contributed by atoms with Gasteiger partial charge in [-0.2, -0.15) is 0 Å². The number of rotatable bonds is 7. The van der Waals surface area contributed by atoms with Gasteiger partial charge in [0.2, 0.25) is 0 Å². The summed E-state index contributed by atoms with van der Waals surface area (Å²) >= 11 is 5.79. The molecule has 2 heterocycles. The Hall–Kier alpha value is -2.41. The van der Waals surface area contributed by atoms with E-state index in [1.54, 1.807) is 29.1 Å². The molecule has 2 rings (SSSR count). The number of hydrazone groups is 1. The summed E-state index contributed by atoms with van der Waals surface area (Å²) in [5.74, 6) is 2.89. The van der Waals surface area contributed by atoms with Crippen molar-refractivity contribution in [3.63, 3.8) is 0 Å². The molecule has 1 aromatic heterocycles. The molecule has 0 unspecified atom stereocenters. The van der Waals surface area contributed by atoms with Crippen LogP contribution in [0.1, 0.15) is 5.56 Å². The minimum absolute atomic E-state index is 0.239. The molecule has 0 radical (unpaired) electrons. The maximum absolute atomic E-state index is 10.7. The zero-order valence-electron chi connectivity index (χ0n) is 13.8.